The first-order valence-electron chi connectivity index (χ1n) is 21.3. The summed E-state index contributed by atoms with van der Waals surface area (Å²) >= 11 is 0. The number of aromatic nitrogens is 1. The van der Waals surface area contributed by atoms with Crippen molar-refractivity contribution in [3.05, 3.63) is 57.7 Å². The van der Waals surface area contributed by atoms with E-state index in [4.69, 9.17) is 18.9 Å². The molecule has 0 radical (unpaired) electrons. The van der Waals surface area contributed by atoms with Crippen molar-refractivity contribution in [2.75, 3.05) is 38.3 Å². The first kappa shape index (κ1) is 43.5. The summed E-state index contributed by atoms with van der Waals surface area (Å²) in [6.45, 7) is 7.23. The fourth-order valence-corrected chi connectivity index (χ4v) is 11.6. The minimum Gasteiger partial charge on any atom is -0.492 e. The van der Waals surface area contributed by atoms with E-state index in [2.05, 4.69) is 0 Å². The average molecular weight is 866 g/mol. The van der Waals surface area contributed by atoms with Gasteiger partial charge >= 0.3 is 18.0 Å². The maximum atomic E-state index is 17.5. The van der Waals surface area contributed by atoms with Gasteiger partial charge in [0.25, 0.3) is 0 Å². The first-order chi connectivity index (χ1) is 29.2. The summed E-state index contributed by atoms with van der Waals surface area (Å²) < 4.78 is 57.0. The molecule has 1 aliphatic heterocycles. The first-order valence-corrected chi connectivity index (χ1v) is 21.3. The maximum Gasteiger partial charge on any atom is 0.413 e. The summed E-state index contributed by atoms with van der Waals surface area (Å²) in [6.07, 6.45) is 4.28. The molecule has 5 fully saturated rings. The van der Waals surface area contributed by atoms with Gasteiger partial charge in [0.2, 0.25) is 17.5 Å². The number of halogens is 2. The molecule has 2 heterocycles. The number of allylic oxidation sites excluding steroid dienone is 4. The van der Waals surface area contributed by atoms with Crippen molar-refractivity contribution in [3.63, 3.8) is 0 Å². The van der Waals surface area contributed by atoms with E-state index in [1.807, 2.05) is 0 Å². The van der Waals surface area contributed by atoms with Crippen LogP contribution in [0.25, 0.3) is 10.9 Å². The highest BCUT2D eigenvalue weighted by atomic mass is 19.1. The van der Waals surface area contributed by atoms with Crippen molar-refractivity contribution in [2.45, 2.75) is 115 Å². The van der Waals surface area contributed by atoms with Gasteiger partial charge in [0, 0.05) is 68.5 Å². The SMILES string of the molecule is COc1c(N2CCN(C(=O)OC(C)OC(C)=O)C(C)C2)c(F)cc2c(=O)c(C(=O)OCC(=O)[C@@]3(O)CC[C@H]4[C@@H]5CCC6=CC(=O)C=C[C@]6(C)[C@@]5(F)[C@@H](O)C[C@@]43C)cn(C3CC3)c12. The normalized spacial score (nSPS) is 33.2. The zero-order valence-corrected chi connectivity index (χ0v) is 35.7. The predicted octanol–water partition coefficient (Wildman–Crippen LogP) is 4.87. The fraction of sp³-hybridized carbons (Fsp3) is 0.600. The fourth-order valence-electron chi connectivity index (χ4n) is 11.6. The quantitative estimate of drug-likeness (QED) is 0.257. The van der Waals surface area contributed by atoms with Gasteiger partial charge in [-0.3, -0.25) is 19.2 Å². The van der Waals surface area contributed by atoms with Gasteiger partial charge in [0.05, 0.1) is 24.1 Å². The molecule has 5 aliphatic carbocycles. The third-order valence-corrected chi connectivity index (χ3v) is 14.9. The Morgan fingerprint density at radius 2 is 1.77 bits per heavy atom. The number of benzene rings is 1. The number of anilines is 1. The van der Waals surface area contributed by atoms with Crippen molar-refractivity contribution in [1.82, 2.24) is 9.47 Å². The largest absolute Gasteiger partial charge is 0.492 e. The number of alkyl halides is 1. The van der Waals surface area contributed by atoms with E-state index in [1.54, 1.807) is 30.2 Å². The summed E-state index contributed by atoms with van der Waals surface area (Å²) in [5, 5.41) is 23.6. The zero-order chi connectivity index (χ0) is 44.8. The molecule has 8 rings (SSSR count). The predicted molar refractivity (Wildman–Crippen MR) is 218 cm³/mol. The number of nitrogens with zero attached hydrogens (tertiary/aromatic N) is 3. The highest BCUT2D eigenvalue weighted by Gasteiger charge is 2.74. The second-order valence-electron chi connectivity index (χ2n) is 18.4. The van der Waals surface area contributed by atoms with Crippen LogP contribution in [0.2, 0.25) is 0 Å². The van der Waals surface area contributed by atoms with Crippen LogP contribution in [0.5, 0.6) is 5.75 Å². The number of pyridine rings is 1. The Morgan fingerprint density at radius 3 is 2.44 bits per heavy atom. The maximum absolute atomic E-state index is 17.5. The Hall–Kier alpha value is -5.16. The average Bonchev–Trinajstić information content (AvgIpc) is 4.02. The number of carbonyl (C=O) groups is 5. The number of hydrogen-bond acceptors (Lipinski definition) is 13. The van der Waals surface area contributed by atoms with Gasteiger partial charge in [-0.1, -0.05) is 18.6 Å². The summed E-state index contributed by atoms with van der Waals surface area (Å²) in [7, 11) is 1.34. The minimum absolute atomic E-state index is 0.0521. The van der Waals surface area contributed by atoms with E-state index in [9.17, 15) is 39.0 Å². The van der Waals surface area contributed by atoms with Gasteiger partial charge in [-0.05, 0) is 82.9 Å². The Morgan fingerprint density at radius 1 is 1.05 bits per heavy atom. The number of aliphatic hydroxyl groups is 2. The Labute approximate surface area is 356 Å². The topological polar surface area (TPSA) is 191 Å². The molecular formula is C45H53F2N3O12. The number of Topliss-reactive ketones (excluding diaryl/α,β-unsaturated/α-hetero) is 1. The van der Waals surface area contributed by atoms with E-state index in [0.717, 1.165) is 6.07 Å². The van der Waals surface area contributed by atoms with E-state index in [0.29, 0.717) is 31.3 Å². The van der Waals surface area contributed by atoms with Gasteiger partial charge in [-0.25, -0.2) is 18.4 Å². The lowest BCUT2D eigenvalue weighted by atomic mass is 9.44. The van der Waals surface area contributed by atoms with Crippen molar-refractivity contribution in [3.8, 4) is 5.75 Å². The third-order valence-electron chi connectivity index (χ3n) is 14.9. The lowest BCUT2D eigenvalue weighted by Gasteiger charge is -2.62. The molecule has 2 unspecified atom stereocenters. The van der Waals surface area contributed by atoms with E-state index in [1.165, 1.54) is 50.3 Å². The van der Waals surface area contributed by atoms with Crippen molar-refractivity contribution in [2.24, 2.45) is 22.7 Å². The molecule has 9 atom stereocenters. The zero-order valence-electron chi connectivity index (χ0n) is 35.7. The lowest BCUT2D eigenvalue weighted by Crippen LogP contribution is -2.69. The molecule has 1 amide bonds. The molecule has 17 heteroatoms. The van der Waals surface area contributed by atoms with Crippen LogP contribution in [0.15, 0.2) is 40.9 Å². The molecule has 0 bridgehead atoms. The summed E-state index contributed by atoms with van der Waals surface area (Å²) in [6, 6.07) is 0.388. The Balaban J connectivity index is 1.02. The molecule has 334 valence electrons. The number of fused-ring (bicyclic) bond motifs is 6. The number of amides is 1. The molecule has 2 N–H and O–H groups in total. The number of ether oxygens (including phenoxy) is 4. The molecule has 2 aromatic rings. The molecule has 15 nitrogen and oxygen atoms in total. The molecule has 6 aliphatic rings. The van der Waals surface area contributed by atoms with Crippen LogP contribution in [-0.2, 0) is 28.6 Å². The summed E-state index contributed by atoms with van der Waals surface area (Å²) in [5.74, 6) is -4.87. The summed E-state index contributed by atoms with van der Waals surface area (Å²) in [4.78, 5) is 81.4. The highest BCUT2D eigenvalue weighted by molar-refractivity contribution is 6.01. The Kier molecular flexibility index (Phi) is 10.7. The van der Waals surface area contributed by atoms with Gasteiger partial charge in [-0.15, -0.1) is 0 Å². The van der Waals surface area contributed by atoms with Crippen LogP contribution in [-0.4, -0.2) is 112 Å². The van der Waals surface area contributed by atoms with Crippen molar-refractivity contribution < 1.29 is 61.9 Å². The number of piperazine rings is 1. The number of hydrogen-bond donors (Lipinski definition) is 2. The molecule has 1 saturated heterocycles. The smallest absolute Gasteiger partial charge is 0.413 e. The van der Waals surface area contributed by atoms with Gasteiger partial charge < -0.3 is 43.5 Å². The number of methoxy groups -OCH3 is 1. The van der Waals surface area contributed by atoms with E-state index >= 15 is 8.78 Å². The highest BCUT2D eigenvalue weighted by Crippen LogP contribution is 2.69. The molecule has 4 saturated carbocycles. The number of carbonyl (C=O) groups excluding carboxylic acids is 5. The molecule has 1 aromatic carbocycles. The van der Waals surface area contributed by atoms with Gasteiger partial charge in [0.15, 0.2) is 29.6 Å². The third kappa shape index (κ3) is 6.55. The van der Waals surface area contributed by atoms with Gasteiger partial charge in [-0.2, -0.15) is 0 Å². The van der Waals surface area contributed by atoms with E-state index < -0.39 is 99.6 Å². The van der Waals surface area contributed by atoms with Crippen molar-refractivity contribution >= 4 is 46.2 Å². The standard InChI is InChI=1S/C45H53F2N3O12/c1-23-20-48(15-16-49(23)41(57)62-25(3)61-24(2)51)37-33(46)18-29-36(39(37)59-6)50(27-8-9-27)21-30(38(29)55)40(56)60-22-35(54)44(58)14-12-31-32-10-7-26-17-28(52)11-13-42(26,4)45(32,47)34(53)19-43(31,44)5/h11,13,17-18,21,23,25,27,31-32,34,53,58H,7-10,12,14-16,19-20,22H2,1-6H3/t23?,25?,31-,32-,34-,42-,43-,44-,45-/m0/s1. The molecule has 62 heavy (non-hydrogen) atoms. The monoisotopic (exact) mass is 865 g/mol. The van der Waals surface area contributed by atoms with Crippen LogP contribution >= 0.6 is 0 Å². The Bertz CT molecular complexity index is 2400. The van der Waals surface area contributed by atoms with Crippen LogP contribution in [0.1, 0.15) is 96.0 Å². The van der Waals surface area contributed by atoms with Crippen LogP contribution < -0.4 is 15.1 Å². The van der Waals surface area contributed by atoms with E-state index in [-0.39, 0.29) is 73.1 Å². The number of rotatable bonds is 9. The minimum atomic E-state index is -2.16. The second kappa shape index (κ2) is 15.3. The lowest BCUT2D eigenvalue weighted by molar-refractivity contribution is -0.217. The second-order valence-corrected chi connectivity index (χ2v) is 18.4. The number of aliphatic hydroxyl groups excluding tert-OH is 1. The molecule has 1 aromatic heterocycles. The van der Waals surface area contributed by atoms with Crippen LogP contribution in [0, 0.1) is 28.5 Å². The number of esters is 2. The summed E-state index contributed by atoms with van der Waals surface area (Å²) in [5.41, 5.74) is -7.17. The van der Waals surface area contributed by atoms with Gasteiger partial charge in [0.1, 0.15) is 16.9 Å². The van der Waals surface area contributed by atoms with Crippen molar-refractivity contribution in [1.29, 1.82) is 0 Å². The van der Waals surface area contributed by atoms with Crippen LogP contribution in [0.4, 0.5) is 19.3 Å². The van der Waals surface area contributed by atoms with Crippen LogP contribution in [0.3, 0.4) is 0 Å². The molecule has 0 spiro atoms. The molecular weight excluding hydrogens is 812 g/mol. The number of ketones is 2.